The number of carboxylic acid groups (broad SMARTS) is 1. The highest BCUT2D eigenvalue weighted by molar-refractivity contribution is 8.01. The maximum Gasteiger partial charge on any atom is 0.445 e. The van der Waals surface area contributed by atoms with Crippen LogP contribution in [0, 0.1) is 0 Å². The largest absolute Gasteiger partial charge is 0.478 e. The molecule has 1 aromatic carbocycles. The number of hydrogen-bond acceptors (Lipinski definition) is 5. The van der Waals surface area contributed by atoms with E-state index < -0.39 is 17.2 Å². The Hall–Kier alpha value is -1.61. The van der Waals surface area contributed by atoms with Crippen LogP contribution >= 0.6 is 23.1 Å². The molecule has 0 fully saturated rings. The summed E-state index contributed by atoms with van der Waals surface area (Å²) in [6.45, 7) is 0. The Morgan fingerprint density at radius 1 is 1.26 bits per heavy atom. The van der Waals surface area contributed by atoms with Gasteiger partial charge in [-0.2, -0.15) is 13.2 Å². The second kappa shape index (κ2) is 5.17. The van der Waals surface area contributed by atoms with Gasteiger partial charge in [0.05, 0.1) is 5.56 Å². The average Bonchev–Trinajstić information content (AvgIpc) is 2.77. The van der Waals surface area contributed by atoms with Crippen molar-refractivity contribution in [2.45, 2.75) is 15.4 Å². The Labute approximate surface area is 113 Å². The molecule has 9 heteroatoms. The Morgan fingerprint density at radius 2 is 1.95 bits per heavy atom. The summed E-state index contributed by atoms with van der Waals surface area (Å²) in [7, 11) is 0. The van der Waals surface area contributed by atoms with Gasteiger partial charge in [-0.1, -0.05) is 35.2 Å². The van der Waals surface area contributed by atoms with Gasteiger partial charge in [-0.3, -0.25) is 0 Å². The lowest BCUT2D eigenvalue weighted by Crippen LogP contribution is -2.03. The number of benzene rings is 1. The van der Waals surface area contributed by atoms with E-state index in [1.165, 1.54) is 18.2 Å². The number of halogens is 3. The molecule has 100 valence electrons. The van der Waals surface area contributed by atoms with Crippen LogP contribution < -0.4 is 0 Å². The van der Waals surface area contributed by atoms with Crippen LogP contribution in [0.5, 0.6) is 0 Å². The molecule has 1 N–H and O–H groups in total. The van der Waals surface area contributed by atoms with Crippen LogP contribution in [-0.2, 0) is 6.18 Å². The van der Waals surface area contributed by atoms with Crippen molar-refractivity contribution in [3.05, 3.63) is 34.8 Å². The Balaban J connectivity index is 2.27. The van der Waals surface area contributed by atoms with Crippen molar-refractivity contribution in [1.82, 2.24) is 10.2 Å². The highest BCUT2D eigenvalue weighted by Gasteiger charge is 2.35. The first kappa shape index (κ1) is 13.8. The Kier molecular flexibility index (Phi) is 3.76. The number of alkyl halides is 3. The normalized spacial score (nSPS) is 11.5. The third kappa shape index (κ3) is 3.24. The number of rotatable bonds is 3. The van der Waals surface area contributed by atoms with Gasteiger partial charge >= 0.3 is 12.1 Å². The Morgan fingerprint density at radius 3 is 2.53 bits per heavy atom. The van der Waals surface area contributed by atoms with Crippen molar-refractivity contribution >= 4 is 29.1 Å². The lowest BCUT2D eigenvalue weighted by atomic mass is 10.2. The summed E-state index contributed by atoms with van der Waals surface area (Å²) >= 11 is 1.22. The second-order valence-electron chi connectivity index (χ2n) is 3.27. The number of carbonyl (C=O) groups is 1. The molecule has 0 saturated heterocycles. The van der Waals surface area contributed by atoms with Crippen molar-refractivity contribution in [1.29, 1.82) is 0 Å². The molecule has 0 bridgehead atoms. The molecule has 0 aliphatic heterocycles. The van der Waals surface area contributed by atoms with Gasteiger partial charge in [-0.25, -0.2) is 4.79 Å². The number of carboxylic acids is 1. The van der Waals surface area contributed by atoms with Crippen molar-refractivity contribution in [2.24, 2.45) is 0 Å². The summed E-state index contributed by atoms with van der Waals surface area (Å²) in [6, 6.07) is 6.01. The van der Waals surface area contributed by atoms with Gasteiger partial charge in [0.25, 0.3) is 0 Å². The molecule has 4 nitrogen and oxygen atoms in total. The van der Waals surface area contributed by atoms with Gasteiger partial charge in [-0.05, 0) is 12.1 Å². The van der Waals surface area contributed by atoms with E-state index in [0.717, 1.165) is 11.8 Å². The second-order valence-corrected chi connectivity index (χ2v) is 5.54. The molecule has 1 heterocycles. The van der Waals surface area contributed by atoms with Crippen LogP contribution in [0.4, 0.5) is 13.2 Å². The number of hydrogen-bond donors (Lipinski definition) is 1. The summed E-state index contributed by atoms with van der Waals surface area (Å²) in [5.41, 5.74) is 0.0104. The van der Waals surface area contributed by atoms with E-state index in [2.05, 4.69) is 10.2 Å². The maximum atomic E-state index is 12.4. The predicted molar refractivity (Wildman–Crippen MR) is 62.4 cm³/mol. The molecule has 2 rings (SSSR count). The molecule has 0 unspecified atom stereocenters. The highest BCUT2D eigenvalue weighted by Crippen LogP contribution is 2.37. The minimum atomic E-state index is -4.54. The first-order chi connectivity index (χ1) is 8.88. The average molecular weight is 306 g/mol. The molecule has 0 aliphatic rings. The third-order valence-corrected chi connectivity index (χ3v) is 4.06. The summed E-state index contributed by atoms with van der Waals surface area (Å²) in [5.74, 6) is -1.15. The first-order valence-electron chi connectivity index (χ1n) is 4.79. The molecule has 19 heavy (non-hydrogen) atoms. The van der Waals surface area contributed by atoms with Crippen molar-refractivity contribution < 1.29 is 23.1 Å². The quantitative estimate of drug-likeness (QED) is 0.941. The fourth-order valence-corrected chi connectivity index (χ4v) is 2.99. The van der Waals surface area contributed by atoms with Gasteiger partial charge in [0.15, 0.2) is 4.34 Å². The van der Waals surface area contributed by atoms with Gasteiger partial charge < -0.3 is 5.11 Å². The smallest absolute Gasteiger partial charge is 0.445 e. The van der Waals surface area contributed by atoms with Gasteiger partial charge in [0, 0.05) is 4.90 Å². The number of aromatic carboxylic acids is 1. The molecule has 0 aliphatic carbocycles. The van der Waals surface area contributed by atoms with Gasteiger partial charge in [0.2, 0.25) is 5.01 Å². The van der Waals surface area contributed by atoms with Crippen LogP contribution in [0.2, 0.25) is 0 Å². The molecule has 2 aromatic rings. The minimum Gasteiger partial charge on any atom is -0.478 e. The summed E-state index contributed by atoms with van der Waals surface area (Å²) < 4.78 is 37.1. The topological polar surface area (TPSA) is 63.1 Å². The monoisotopic (exact) mass is 306 g/mol. The Bertz CT molecular complexity index is 613. The minimum absolute atomic E-state index is 0.0104. The van der Waals surface area contributed by atoms with Gasteiger partial charge in [0.1, 0.15) is 0 Å². The van der Waals surface area contributed by atoms with Crippen LogP contribution in [0.3, 0.4) is 0 Å². The number of aromatic nitrogens is 2. The van der Waals surface area contributed by atoms with E-state index in [0.29, 0.717) is 16.2 Å². The van der Waals surface area contributed by atoms with E-state index >= 15 is 0 Å². The zero-order valence-corrected chi connectivity index (χ0v) is 10.6. The van der Waals surface area contributed by atoms with E-state index in [1.54, 1.807) is 6.07 Å². The molecular weight excluding hydrogens is 301 g/mol. The zero-order chi connectivity index (χ0) is 14.0. The van der Waals surface area contributed by atoms with Crippen molar-refractivity contribution in [3.63, 3.8) is 0 Å². The first-order valence-corrected chi connectivity index (χ1v) is 6.42. The predicted octanol–water partition coefficient (Wildman–Crippen LogP) is 3.41. The van der Waals surface area contributed by atoms with E-state index in [9.17, 15) is 18.0 Å². The molecule has 0 spiro atoms. The van der Waals surface area contributed by atoms with Crippen LogP contribution in [0.25, 0.3) is 0 Å². The van der Waals surface area contributed by atoms with Crippen molar-refractivity contribution in [3.8, 4) is 0 Å². The van der Waals surface area contributed by atoms with E-state index in [4.69, 9.17) is 5.11 Å². The van der Waals surface area contributed by atoms with Gasteiger partial charge in [-0.15, -0.1) is 10.2 Å². The molecule has 0 atom stereocenters. The lowest BCUT2D eigenvalue weighted by molar-refractivity contribution is -0.138. The summed E-state index contributed by atoms with van der Waals surface area (Å²) in [6.07, 6.45) is -4.54. The molecule has 0 radical (unpaired) electrons. The van der Waals surface area contributed by atoms with E-state index in [1.807, 2.05) is 0 Å². The molecule has 0 amide bonds. The van der Waals surface area contributed by atoms with E-state index in [-0.39, 0.29) is 9.90 Å². The standard InChI is InChI=1S/C10H5F3N2O2S2/c11-10(12,13)8-14-15-9(19-8)18-6-4-2-1-3-5(6)7(16)17/h1-4H,(H,16,17). The summed E-state index contributed by atoms with van der Waals surface area (Å²) in [4.78, 5) is 11.3. The zero-order valence-electron chi connectivity index (χ0n) is 9.01. The van der Waals surface area contributed by atoms with Crippen molar-refractivity contribution in [2.75, 3.05) is 0 Å². The SMILES string of the molecule is O=C(O)c1ccccc1Sc1nnc(C(F)(F)F)s1. The fraction of sp³-hybridized carbons (Fsp3) is 0.100. The highest BCUT2D eigenvalue weighted by atomic mass is 32.2. The summed E-state index contributed by atoms with van der Waals surface area (Å²) in [5, 5.41) is 14.3. The maximum absolute atomic E-state index is 12.4. The molecule has 0 saturated carbocycles. The van der Waals surface area contributed by atoms with Crippen LogP contribution in [-0.4, -0.2) is 21.3 Å². The number of nitrogens with zero attached hydrogens (tertiary/aromatic N) is 2. The van der Waals surface area contributed by atoms with Crippen LogP contribution in [0.1, 0.15) is 15.4 Å². The molecular formula is C10H5F3N2O2S2. The molecule has 1 aromatic heterocycles. The lowest BCUT2D eigenvalue weighted by Gasteiger charge is -2.02. The third-order valence-electron chi connectivity index (χ3n) is 1.96. The fourth-order valence-electron chi connectivity index (χ4n) is 1.19. The van der Waals surface area contributed by atoms with Crippen LogP contribution in [0.15, 0.2) is 33.5 Å².